The first kappa shape index (κ1) is 16.5. The van der Waals surface area contributed by atoms with Crippen molar-refractivity contribution in [3.8, 4) is 11.5 Å². The number of halogens is 2. The molecule has 2 rings (SSSR count). The molecule has 0 aromatic heterocycles. The average molecular weight is 384 g/mol. The Bertz CT molecular complexity index is 668. The summed E-state index contributed by atoms with van der Waals surface area (Å²) in [5.74, 6) is 0.352. The number of carbonyl (C=O) groups excluding carboxylic acids is 2. The Labute approximate surface area is 141 Å². The molecule has 0 N–H and O–H groups in total. The maximum Gasteiger partial charge on any atom is 0.304 e. The lowest BCUT2D eigenvalue weighted by Gasteiger charge is -2.10. The summed E-state index contributed by atoms with van der Waals surface area (Å²) in [5, 5.41) is -0.366. The van der Waals surface area contributed by atoms with Crippen molar-refractivity contribution >= 4 is 39.3 Å². The van der Waals surface area contributed by atoms with Gasteiger partial charge < -0.3 is 9.47 Å². The fourth-order valence-corrected chi connectivity index (χ4v) is 2.31. The lowest BCUT2D eigenvalue weighted by molar-refractivity contribution is -0.140. The van der Waals surface area contributed by atoms with E-state index in [0.717, 1.165) is 0 Å². The third-order valence-corrected chi connectivity index (χ3v) is 3.52. The zero-order chi connectivity index (χ0) is 16.1. The molecule has 1 atom stereocenters. The monoisotopic (exact) mass is 382 g/mol. The van der Waals surface area contributed by atoms with Gasteiger partial charge in [-0.25, -0.2) is 0 Å². The van der Waals surface area contributed by atoms with Crippen molar-refractivity contribution in [1.29, 1.82) is 0 Å². The van der Waals surface area contributed by atoms with E-state index >= 15 is 0 Å². The second-order valence-corrected chi connectivity index (χ2v) is 5.64. The van der Waals surface area contributed by atoms with Crippen molar-refractivity contribution in [2.75, 3.05) is 0 Å². The third-order valence-electron chi connectivity index (χ3n) is 2.66. The summed E-state index contributed by atoms with van der Waals surface area (Å²) in [4.78, 5) is 22.8. The standard InChI is InChI=1S/C16H12BrClO4/c1-10(19)21-16(17)15(20)11-2-6-13(7-3-11)22-14-8-4-12(18)5-9-14/h2-9,16H,1H3. The molecule has 0 heterocycles. The Morgan fingerprint density at radius 3 is 2.00 bits per heavy atom. The van der Waals surface area contributed by atoms with Crippen LogP contribution < -0.4 is 4.74 Å². The molecule has 0 fully saturated rings. The van der Waals surface area contributed by atoms with Gasteiger partial charge in [-0.1, -0.05) is 11.6 Å². The predicted molar refractivity (Wildman–Crippen MR) is 86.8 cm³/mol. The van der Waals surface area contributed by atoms with Crippen molar-refractivity contribution in [2.45, 2.75) is 11.9 Å². The summed E-state index contributed by atoms with van der Waals surface area (Å²) in [6.45, 7) is 1.24. The smallest absolute Gasteiger partial charge is 0.304 e. The van der Waals surface area contributed by atoms with Gasteiger partial charge in [-0.15, -0.1) is 0 Å². The van der Waals surface area contributed by atoms with Gasteiger partial charge in [0.25, 0.3) is 0 Å². The number of hydrogen-bond donors (Lipinski definition) is 0. The maximum absolute atomic E-state index is 12.0. The van der Waals surface area contributed by atoms with Gasteiger partial charge in [-0.05, 0) is 64.5 Å². The zero-order valence-electron chi connectivity index (χ0n) is 11.6. The van der Waals surface area contributed by atoms with Crippen LogP contribution in [0.4, 0.5) is 0 Å². The molecule has 0 bridgehead atoms. The highest BCUT2D eigenvalue weighted by atomic mass is 79.9. The normalized spacial score (nSPS) is 11.6. The number of ketones is 1. The first-order valence-corrected chi connectivity index (χ1v) is 7.64. The number of hydrogen-bond acceptors (Lipinski definition) is 4. The van der Waals surface area contributed by atoms with E-state index < -0.39 is 11.0 Å². The van der Waals surface area contributed by atoms with Gasteiger partial charge in [-0.2, -0.15) is 0 Å². The first-order valence-electron chi connectivity index (χ1n) is 6.34. The Morgan fingerprint density at radius 2 is 1.50 bits per heavy atom. The highest BCUT2D eigenvalue weighted by Crippen LogP contribution is 2.24. The van der Waals surface area contributed by atoms with Crippen molar-refractivity contribution in [1.82, 2.24) is 0 Å². The number of carbonyl (C=O) groups is 2. The minimum atomic E-state index is -0.993. The highest BCUT2D eigenvalue weighted by Gasteiger charge is 2.19. The van der Waals surface area contributed by atoms with Gasteiger partial charge in [0.1, 0.15) is 11.5 Å². The van der Waals surface area contributed by atoms with Gasteiger partial charge in [0.05, 0.1) is 0 Å². The first-order chi connectivity index (χ1) is 10.5. The lowest BCUT2D eigenvalue weighted by atomic mass is 10.1. The lowest BCUT2D eigenvalue weighted by Crippen LogP contribution is -2.20. The van der Waals surface area contributed by atoms with Crippen LogP contribution >= 0.6 is 27.5 Å². The number of alkyl halides is 1. The molecule has 0 saturated carbocycles. The number of rotatable bonds is 5. The number of esters is 1. The zero-order valence-corrected chi connectivity index (χ0v) is 13.9. The summed E-state index contributed by atoms with van der Waals surface area (Å²) in [7, 11) is 0. The van der Waals surface area contributed by atoms with Crippen LogP contribution in [-0.2, 0) is 9.53 Å². The Kier molecular flexibility index (Phi) is 5.57. The molecule has 6 heteroatoms. The van der Waals surface area contributed by atoms with Crippen LogP contribution in [0.1, 0.15) is 17.3 Å². The van der Waals surface area contributed by atoms with Crippen LogP contribution in [0.3, 0.4) is 0 Å². The van der Waals surface area contributed by atoms with Gasteiger partial charge in [-0.3, -0.25) is 9.59 Å². The molecule has 0 spiro atoms. The highest BCUT2D eigenvalue weighted by molar-refractivity contribution is 9.09. The fourth-order valence-electron chi connectivity index (χ4n) is 1.66. The molecule has 1 unspecified atom stereocenters. The van der Waals surface area contributed by atoms with Crippen LogP contribution in [0, 0.1) is 0 Å². The van der Waals surface area contributed by atoms with E-state index in [1.54, 1.807) is 48.5 Å². The van der Waals surface area contributed by atoms with E-state index in [2.05, 4.69) is 15.9 Å². The molecule has 0 radical (unpaired) electrons. The Hall–Kier alpha value is -1.85. The Balaban J connectivity index is 2.05. The molecule has 4 nitrogen and oxygen atoms in total. The summed E-state index contributed by atoms with van der Waals surface area (Å²) < 4.78 is 10.4. The summed E-state index contributed by atoms with van der Waals surface area (Å²) in [6.07, 6.45) is 0. The minimum Gasteiger partial charge on any atom is -0.457 e. The van der Waals surface area contributed by atoms with E-state index in [1.807, 2.05) is 0 Å². The molecule has 0 aliphatic heterocycles. The van der Waals surface area contributed by atoms with Crippen molar-refractivity contribution in [3.05, 3.63) is 59.1 Å². The topological polar surface area (TPSA) is 52.6 Å². The summed E-state index contributed by atoms with van der Waals surface area (Å²) in [6, 6.07) is 13.5. The summed E-state index contributed by atoms with van der Waals surface area (Å²) >= 11 is 8.83. The second-order valence-electron chi connectivity index (χ2n) is 4.37. The third kappa shape index (κ3) is 4.58. The van der Waals surface area contributed by atoms with Crippen LogP contribution in [0.15, 0.2) is 48.5 Å². The molecule has 114 valence electrons. The minimum absolute atomic E-state index is 0.340. The van der Waals surface area contributed by atoms with E-state index in [4.69, 9.17) is 21.1 Å². The van der Waals surface area contributed by atoms with Gasteiger partial charge in [0.15, 0.2) is 0 Å². The molecule has 22 heavy (non-hydrogen) atoms. The van der Waals surface area contributed by atoms with Crippen molar-refractivity contribution in [2.24, 2.45) is 0 Å². The number of benzene rings is 2. The van der Waals surface area contributed by atoms with Crippen LogP contribution in [-0.4, -0.2) is 16.8 Å². The van der Waals surface area contributed by atoms with E-state index in [-0.39, 0.29) is 5.78 Å². The number of ether oxygens (including phenoxy) is 2. The van der Waals surface area contributed by atoms with Crippen LogP contribution in [0.25, 0.3) is 0 Å². The molecule has 2 aromatic rings. The van der Waals surface area contributed by atoms with Crippen molar-refractivity contribution in [3.63, 3.8) is 0 Å². The molecule has 0 aliphatic carbocycles. The summed E-state index contributed by atoms with van der Waals surface area (Å²) in [5.41, 5.74) is 0.409. The fraction of sp³-hybridized carbons (Fsp3) is 0.125. The molecule has 0 amide bonds. The van der Waals surface area contributed by atoms with E-state index in [1.165, 1.54) is 6.92 Å². The second kappa shape index (κ2) is 7.42. The molecular formula is C16H12BrClO4. The van der Waals surface area contributed by atoms with Gasteiger partial charge >= 0.3 is 5.97 Å². The van der Waals surface area contributed by atoms with E-state index in [9.17, 15) is 9.59 Å². The largest absolute Gasteiger partial charge is 0.457 e. The molecular weight excluding hydrogens is 372 g/mol. The van der Waals surface area contributed by atoms with Crippen LogP contribution in [0.5, 0.6) is 11.5 Å². The molecule has 2 aromatic carbocycles. The SMILES string of the molecule is CC(=O)OC(Br)C(=O)c1ccc(Oc2ccc(Cl)cc2)cc1. The molecule has 0 saturated heterocycles. The van der Waals surface area contributed by atoms with Gasteiger partial charge in [0.2, 0.25) is 10.8 Å². The quantitative estimate of drug-likeness (QED) is 0.430. The maximum atomic E-state index is 12.0. The van der Waals surface area contributed by atoms with Crippen molar-refractivity contribution < 1.29 is 19.1 Å². The van der Waals surface area contributed by atoms with E-state index in [0.29, 0.717) is 22.1 Å². The number of Topliss-reactive ketones (excluding diaryl/α,β-unsaturated/α-hetero) is 1. The van der Waals surface area contributed by atoms with Crippen LogP contribution in [0.2, 0.25) is 5.02 Å². The molecule has 0 aliphatic rings. The van der Waals surface area contributed by atoms with Gasteiger partial charge in [0, 0.05) is 17.5 Å². The predicted octanol–water partition coefficient (Wildman–Crippen LogP) is 4.60. The average Bonchev–Trinajstić information content (AvgIpc) is 2.49. The Morgan fingerprint density at radius 1 is 1.00 bits per heavy atom.